The van der Waals surface area contributed by atoms with Gasteiger partial charge in [0.1, 0.15) is 12.2 Å². The van der Waals surface area contributed by atoms with E-state index in [2.05, 4.69) is 86.8 Å². The zero-order valence-corrected chi connectivity index (χ0v) is 36.2. The van der Waals surface area contributed by atoms with Crippen molar-refractivity contribution in [1.82, 2.24) is 0 Å². The summed E-state index contributed by atoms with van der Waals surface area (Å²) < 4.78 is 33.3. The molecule has 0 saturated heterocycles. The molecular formula is C46H81O9P. The lowest BCUT2D eigenvalue weighted by Gasteiger charge is -2.20. The van der Waals surface area contributed by atoms with Crippen LogP contribution in [0.4, 0.5) is 0 Å². The highest BCUT2D eigenvalue weighted by Crippen LogP contribution is 2.43. The van der Waals surface area contributed by atoms with Crippen LogP contribution in [0.1, 0.15) is 168 Å². The molecule has 56 heavy (non-hydrogen) atoms. The number of ether oxygens (including phenoxy) is 2. The normalized spacial score (nSPS) is 14.7. The van der Waals surface area contributed by atoms with Gasteiger partial charge in [-0.25, -0.2) is 4.57 Å². The first kappa shape index (κ1) is 53.9. The third-order valence-corrected chi connectivity index (χ3v) is 9.83. The Labute approximate surface area is 342 Å². The number of unbranched alkanes of at least 4 members (excludes halogenated alkanes) is 15. The minimum Gasteiger partial charge on any atom is -0.457 e. The average molecular weight is 809 g/mol. The van der Waals surface area contributed by atoms with Gasteiger partial charge in [-0.1, -0.05) is 151 Å². The maximum atomic E-state index is 12.6. The maximum absolute atomic E-state index is 12.6. The van der Waals surface area contributed by atoms with E-state index >= 15 is 0 Å². The zero-order valence-electron chi connectivity index (χ0n) is 35.3. The largest absolute Gasteiger partial charge is 0.472 e. The second-order valence-corrected chi connectivity index (χ2v) is 15.8. The number of esters is 1. The molecule has 0 amide bonds. The first-order valence-corrected chi connectivity index (χ1v) is 23.4. The number of carbonyl (C=O) groups is 1. The van der Waals surface area contributed by atoms with Gasteiger partial charge >= 0.3 is 13.8 Å². The number of hydrogen-bond acceptors (Lipinski definition) is 8. The van der Waals surface area contributed by atoms with E-state index < -0.39 is 45.8 Å². The summed E-state index contributed by atoms with van der Waals surface area (Å²) in [4.78, 5) is 22.6. The van der Waals surface area contributed by atoms with Crippen molar-refractivity contribution in [2.45, 2.75) is 180 Å². The topological polar surface area (TPSA) is 132 Å². The van der Waals surface area contributed by atoms with E-state index in [0.29, 0.717) is 13.0 Å². The molecule has 3 N–H and O–H groups in total. The molecule has 0 fully saturated rings. The summed E-state index contributed by atoms with van der Waals surface area (Å²) in [6.45, 7) is 3.32. The first-order chi connectivity index (χ1) is 27.3. The van der Waals surface area contributed by atoms with Crippen molar-refractivity contribution >= 4 is 13.8 Å². The number of phosphoric ester groups is 1. The molecule has 0 aromatic carbocycles. The molecule has 0 heterocycles. The molecule has 0 radical (unpaired) electrons. The van der Waals surface area contributed by atoms with E-state index in [9.17, 15) is 19.4 Å². The number of aliphatic hydroxyl groups excluding tert-OH is 2. The van der Waals surface area contributed by atoms with Gasteiger partial charge in [0.15, 0.2) is 0 Å². The molecule has 0 aliphatic heterocycles. The molecular weight excluding hydrogens is 727 g/mol. The van der Waals surface area contributed by atoms with Gasteiger partial charge in [-0.3, -0.25) is 13.8 Å². The van der Waals surface area contributed by atoms with Gasteiger partial charge in [0.05, 0.1) is 26.4 Å². The van der Waals surface area contributed by atoms with Crippen molar-refractivity contribution in [3.63, 3.8) is 0 Å². The maximum Gasteiger partial charge on any atom is 0.472 e. The van der Waals surface area contributed by atoms with Crippen LogP contribution in [0.5, 0.6) is 0 Å². The van der Waals surface area contributed by atoms with E-state index in [4.69, 9.17) is 23.6 Å². The Morgan fingerprint density at radius 3 is 1.55 bits per heavy atom. The molecule has 9 nitrogen and oxygen atoms in total. The number of aliphatic hydroxyl groups is 2. The number of allylic oxidation sites excluding steroid dienone is 12. The number of rotatable bonds is 41. The third-order valence-electron chi connectivity index (χ3n) is 8.88. The second kappa shape index (κ2) is 42.5. The van der Waals surface area contributed by atoms with E-state index in [-0.39, 0.29) is 13.0 Å². The van der Waals surface area contributed by atoms with Crippen molar-refractivity contribution in [3.8, 4) is 0 Å². The fourth-order valence-corrected chi connectivity index (χ4v) is 6.34. The Kier molecular flexibility index (Phi) is 40.9. The summed E-state index contributed by atoms with van der Waals surface area (Å²) in [5, 5.41) is 18.3. The Hall–Kier alpha value is -2.10. The highest BCUT2D eigenvalue weighted by Gasteiger charge is 2.26. The molecule has 0 rings (SSSR count). The van der Waals surface area contributed by atoms with Gasteiger partial charge in [0.25, 0.3) is 0 Å². The van der Waals surface area contributed by atoms with Gasteiger partial charge < -0.3 is 24.6 Å². The van der Waals surface area contributed by atoms with E-state index in [1.165, 1.54) is 51.4 Å². The molecule has 0 aliphatic carbocycles. The van der Waals surface area contributed by atoms with Crippen LogP contribution in [-0.2, 0) is 27.9 Å². The molecule has 0 aromatic rings. The monoisotopic (exact) mass is 809 g/mol. The molecule has 0 aliphatic rings. The molecule has 0 aromatic heterocycles. The van der Waals surface area contributed by atoms with Gasteiger partial charge in [-0.15, -0.1) is 0 Å². The van der Waals surface area contributed by atoms with Crippen LogP contribution in [0.3, 0.4) is 0 Å². The fraction of sp³-hybridized carbons (Fsp3) is 0.717. The van der Waals surface area contributed by atoms with E-state index in [1.54, 1.807) is 0 Å². The van der Waals surface area contributed by atoms with Crippen LogP contribution in [0.2, 0.25) is 0 Å². The molecule has 3 unspecified atom stereocenters. The smallest absolute Gasteiger partial charge is 0.457 e. The van der Waals surface area contributed by atoms with Gasteiger partial charge in [0.2, 0.25) is 0 Å². The quantitative estimate of drug-likeness (QED) is 0.0239. The molecule has 0 spiro atoms. The summed E-state index contributed by atoms with van der Waals surface area (Å²) >= 11 is 0. The predicted octanol–water partition coefficient (Wildman–Crippen LogP) is 12.1. The van der Waals surface area contributed by atoms with Crippen LogP contribution in [-0.4, -0.2) is 66.3 Å². The van der Waals surface area contributed by atoms with Crippen LogP contribution in [0, 0.1) is 0 Å². The van der Waals surface area contributed by atoms with Crippen LogP contribution < -0.4 is 0 Å². The predicted molar refractivity (Wildman–Crippen MR) is 233 cm³/mol. The Bertz CT molecular complexity index is 1100. The molecule has 0 saturated carbocycles. The zero-order chi connectivity index (χ0) is 41.1. The highest BCUT2D eigenvalue weighted by atomic mass is 31.2. The van der Waals surface area contributed by atoms with Crippen molar-refractivity contribution < 1.29 is 43.0 Å². The van der Waals surface area contributed by atoms with Crippen molar-refractivity contribution in [2.24, 2.45) is 0 Å². The van der Waals surface area contributed by atoms with E-state index in [1.807, 2.05) is 0 Å². The minimum atomic E-state index is -4.53. The van der Waals surface area contributed by atoms with Crippen LogP contribution in [0.25, 0.3) is 0 Å². The Morgan fingerprint density at radius 2 is 1.02 bits per heavy atom. The standard InChI is InChI=1S/C46H81O9P/c1-3-5-7-9-11-13-15-17-18-19-20-21-22-23-24-25-27-29-31-33-35-37-39-52-42-45(43-54-56(50,51)53-41-44(48)40-47)55-46(49)38-36-34-32-30-28-26-16-14-12-10-8-6-4-2/h5,7,11,13-14,16-18,20-21,23-24,44-45,47-48H,3-4,6,8-10,12,15,19,22,25-43H2,1-2H3,(H,50,51)/b7-5-,13-11-,16-14-,18-17-,21-20-,24-23-. The van der Waals surface area contributed by atoms with Crippen LogP contribution in [0.15, 0.2) is 72.9 Å². The fourth-order valence-electron chi connectivity index (χ4n) is 5.55. The second-order valence-electron chi connectivity index (χ2n) is 14.3. The third kappa shape index (κ3) is 41.5. The van der Waals surface area contributed by atoms with Crippen molar-refractivity contribution in [1.29, 1.82) is 0 Å². The van der Waals surface area contributed by atoms with Crippen molar-refractivity contribution in [3.05, 3.63) is 72.9 Å². The molecule has 3 atom stereocenters. The van der Waals surface area contributed by atoms with Crippen molar-refractivity contribution in [2.75, 3.05) is 33.0 Å². The SMILES string of the molecule is CC/C=C\C/C=C\C/C=C\C/C=C\C/C=C\CCCCCCCCOCC(COP(=O)(O)OCC(O)CO)OC(=O)CCCCCCC/C=C\CCCCCC. The molecule has 0 bridgehead atoms. The van der Waals surface area contributed by atoms with Gasteiger partial charge in [-0.2, -0.15) is 0 Å². The molecule has 324 valence electrons. The Morgan fingerprint density at radius 1 is 0.571 bits per heavy atom. The lowest BCUT2D eigenvalue weighted by atomic mass is 10.1. The summed E-state index contributed by atoms with van der Waals surface area (Å²) in [6, 6.07) is 0. The number of hydrogen-bond donors (Lipinski definition) is 3. The van der Waals surface area contributed by atoms with Crippen LogP contribution >= 0.6 is 7.82 Å². The van der Waals surface area contributed by atoms with Gasteiger partial charge in [0, 0.05) is 13.0 Å². The minimum absolute atomic E-state index is 0.0321. The van der Waals surface area contributed by atoms with E-state index in [0.717, 1.165) is 89.9 Å². The average Bonchev–Trinajstić information content (AvgIpc) is 3.19. The number of carbonyl (C=O) groups excluding carboxylic acids is 1. The summed E-state index contributed by atoms with van der Waals surface area (Å²) in [7, 11) is -4.53. The Balaban J connectivity index is 4.19. The highest BCUT2D eigenvalue weighted by molar-refractivity contribution is 7.47. The summed E-state index contributed by atoms with van der Waals surface area (Å²) in [5.41, 5.74) is 0. The lowest BCUT2D eigenvalue weighted by molar-refractivity contribution is -0.154. The summed E-state index contributed by atoms with van der Waals surface area (Å²) in [5.74, 6) is -0.401. The summed E-state index contributed by atoms with van der Waals surface area (Å²) in [6.07, 6.45) is 50.0. The molecule has 10 heteroatoms. The first-order valence-electron chi connectivity index (χ1n) is 21.9. The lowest BCUT2D eigenvalue weighted by Crippen LogP contribution is -2.29. The van der Waals surface area contributed by atoms with Gasteiger partial charge in [-0.05, 0) is 83.5 Å². The number of phosphoric acid groups is 1.